The van der Waals surface area contributed by atoms with Crippen molar-refractivity contribution < 1.29 is 34.2 Å². The quantitative estimate of drug-likeness (QED) is 0.153. The van der Waals surface area contributed by atoms with Gasteiger partial charge >= 0.3 is 5.97 Å². The number of benzene rings is 2. The van der Waals surface area contributed by atoms with Crippen LogP contribution in [0.15, 0.2) is 60.7 Å². The van der Waals surface area contributed by atoms with Crippen molar-refractivity contribution in [3.63, 3.8) is 0 Å². The smallest absolute Gasteiger partial charge is 0.326 e. The van der Waals surface area contributed by atoms with E-state index in [9.17, 15) is 34.2 Å². The van der Waals surface area contributed by atoms with Crippen molar-refractivity contribution >= 4 is 29.6 Å². The molecular weight excluding hydrogens is 482 g/mol. The summed E-state index contributed by atoms with van der Waals surface area (Å²) < 4.78 is 0. The predicted octanol–water partition coefficient (Wildman–Crippen LogP) is -1.79. The minimum Gasteiger partial charge on any atom is -0.480 e. The first-order valence-electron chi connectivity index (χ1n) is 11.5. The molecule has 0 aromatic heterocycles. The molecule has 198 valence electrons. The Morgan fingerprint density at radius 1 is 0.703 bits per heavy atom. The fourth-order valence-corrected chi connectivity index (χ4v) is 3.43. The van der Waals surface area contributed by atoms with Gasteiger partial charge in [0.2, 0.25) is 23.6 Å². The van der Waals surface area contributed by atoms with Crippen LogP contribution in [-0.4, -0.2) is 70.6 Å². The molecule has 0 heterocycles. The Labute approximate surface area is 213 Å². The van der Waals surface area contributed by atoms with E-state index in [1.807, 2.05) is 0 Å². The lowest BCUT2D eigenvalue weighted by atomic mass is 10.0. The summed E-state index contributed by atoms with van der Waals surface area (Å²) in [6, 6.07) is 12.1. The zero-order valence-corrected chi connectivity index (χ0v) is 20.0. The number of aliphatic hydroxyl groups excluding tert-OH is 1. The van der Waals surface area contributed by atoms with Crippen LogP contribution in [0.4, 0.5) is 0 Å². The third-order valence-electron chi connectivity index (χ3n) is 5.38. The van der Waals surface area contributed by atoms with Crippen molar-refractivity contribution in [2.45, 2.75) is 43.4 Å². The molecule has 12 nitrogen and oxygen atoms in total. The van der Waals surface area contributed by atoms with Gasteiger partial charge in [0.15, 0.2) is 0 Å². The third-order valence-corrected chi connectivity index (χ3v) is 5.38. The first-order chi connectivity index (χ1) is 17.6. The summed E-state index contributed by atoms with van der Waals surface area (Å²) in [6.45, 7) is -0.638. The van der Waals surface area contributed by atoms with Crippen molar-refractivity contribution in [2.75, 3.05) is 6.61 Å². The maximum absolute atomic E-state index is 13.3. The van der Waals surface area contributed by atoms with E-state index in [2.05, 4.69) is 16.0 Å². The summed E-state index contributed by atoms with van der Waals surface area (Å²) in [7, 11) is 0. The van der Waals surface area contributed by atoms with Gasteiger partial charge in [-0.3, -0.25) is 19.2 Å². The number of carbonyl (C=O) groups is 5. The molecule has 2 aromatic rings. The second-order valence-electron chi connectivity index (χ2n) is 8.36. The van der Waals surface area contributed by atoms with Crippen LogP contribution in [0.2, 0.25) is 0 Å². The van der Waals surface area contributed by atoms with Crippen molar-refractivity contribution in [1.29, 1.82) is 0 Å². The van der Waals surface area contributed by atoms with E-state index in [0.29, 0.717) is 11.1 Å². The molecule has 0 radical (unpaired) electrons. The van der Waals surface area contributed by atoms with Crippen LogP contribution in [0.25, 0.3) is 0 Å². The van der Waals surface area contributed by atoms with Gasteiger partial charge in [0.1, 0.15) is 24.2 Å². The summed E-state index contributed by atoms with van der Waals surface area (Å²) in [6.07, 6.45) is -0.599. The third kappa shape index (κ3) is 9.70. The maximum Gasteiger partial charge on any atom is 0.326 e. The normalized spacial score (nSPS) is 13.9. The van der Waals surface area contributed by atoms with E-state index in [1.54, 1.807) is 60.7 Å². The van der Waals surface area contributed by atoms with Crippen molar-refractivity contribution in [2.24, 2.45) is 11.5 Å². The molecule has 0 aliphatic heterocycles. The molecule has 0 saturated heterocycles. The van der Waals surface area contributed by atoms with Gasteiger partial charge < -0.3 is 37.6 Å². The molecule has 37 heavy (non-hydrogen) atoms. The number of amides is 4. The number of aliphatic hydroxyl groups is 1. The average molecular weight is 514 g/mol. The number of nitrogens with two attached hydrogens (primary N) is 2. The number of rotatable bonds is 14. The highest BCUT2D eigenvalue weighted by Crippen LogP contribution is 2.08. The summed E-state index contributed by atoms with van der Waals surface area (Å²) in [5.74, 6) is -4.76. The Morgan fingerprint density at radius 2 is 1.11 bits per heavy atom. The van der Waals surface area contributed by atoms with Gasteiger partial charge in [-0.05, 0) is 11.1 Å². The van der Waals surface area contributed by atoms with E-state index in [1.165, 1.54) is 0 Å². The predicted molar refractivity (Wildman–Crippen MR) is 133 cm³/mol. The van der Waals surface area contributed by atoms with E-state index in [0.717, 1.165) is 0 Å². The van der Waals surface area contributed by atoms with Crippen molar-refractivity contribution in [3.8, 4) is 0 Å². The van der Waals surface area contributed by atoms with Crippen LogP contribution in [0, 0.1) is 0 Å². The van der Waals surface area contributed by atoms with E-state index < -0.39 is 66.8 Å². The first kappa shape index (κ1) is 28.9. The van der Waals surface area contributed by atoms with Gasteiger partial charge in [-0.1, -0.05) is 60.7 Å². The minimum atomic E-state index is -1.59. The molecule has 0 fully saturated rings. The molecule has 4 atom stereocenters. The number of carboxylic acid groups (broad SMARTS) is 1. The lowest BCUT2D eigenvalue weighted by Gasteiger charge is -2.25. The number of primary amides is 1. The Bertz CT molecular complexity index is 1080. The average Bonchev–Trinajstić information content (AvgIpc) is 2.87. The molecule has 12 heteroatoms. The molecule has 0 aliphatic rings. The molecule has 0 saturated carbocycles. The Hall–Kier alpha value is -4.29. The fraction of sp³-hybridized carbons (Fsp3) is 0.320. The van der Waals surface area contributed by atoms with Gasteiger partial charge in [-0.25, -0.2) is 4.79 Å². The topological polar surface area (TPSA) is 214 Å². The van der Waals surface area contributed by atoms with Gasteiger partial charge in [0, 0.05) is 12.8 Å². The van der Waals surface area contributed by atoms with Crippen LogP contribution < -0.4 is 27.4 Å². The maximum atomic E-state index is 13.3. The van der Waals surface area contributed by atoms with Crippen molar-refractivity contribution in [1.82, 2.24) is 16.0 Å². The zero-order chi connectivity index (χ0) is 27.4. The van der Waals surface area contributed by atoms with Crippen LogP contribution in [-0.2, 0) is 36.8 Å². The highest BCUT2D eigenvalue weighted by Gasteiger charge is 2.31. The highest BCUT2D eigenvalue weighted by atomic mass is 16.4. The Morgan fingerprint density at radius 3 is 1.49 bits per heavy atom. The summed E-state index contributed by atoms with van der Waals surface area (Å²) in [5.41, 5.74) is 12.0. The second kappa shape index (κ2) is 14.3. The van der Waals surface area contributed by atoms with Gasteiger partial charge in [0.25, 0.3) is 0 Å². The standard InChI is InChI=1S/C25H31N5O7/c26-17(14-31)22(33)28-18(11-15-7-3-1-4-8-15)23(34)29-19(12-16-9-5-2-6-10-16)24(35)30-20(25(36)37)13-21(27)32/h1-10,17-20,31H,11-14,26H2,(H2,27,32)(H,28,33)(H,29,34)(H,30,35)(H,36,37). The highest BCUT2D eigenvalue weighted by molar-refractivity contribution is 5.95. The molecule has 2 rings (SSSR count). The largest absolute Gasteiger partial charge is 0.480 e. The zero-order valence-electron chi connectivity index (χ0n) is 20.0. The number of aliphatic carboxylic acids is 1. The minimum absolute atomic E-state index is 0.0104. The monoisotopic (exact) mass is 513 g/mol. The summed E-state index contributed by atoms with van der Waals surface area (Å²) >= 11 is 0. The lowest BCUT2D eigenvalue weighted by molar-refractivity contribution is -0.143. The molecule has 0 bridgehead atoms. The molecule has 0 spiro atoms. The van der Waals surface area contributed by atoms with Crippen LogP contribution in [0.1, 0.15) is 17.5 Å². The van der Waals surface area contributed by atoms with E-state index in [-0.39, 0.29) is 12.8 Å². The second-order valence-corrected chi connectivity index (χ2v) is 8.36. The Kier molecular flexibility index (Phi) is 11.2. The van der Waals surface area contributed by atoms with E-state index in [4.69, 9.17) is 11.5 Å². The molecule has 4 amide bonds. The number of nitrogens with one attached hydrogen (secondary N) is 3. The number of hydrogen-bond acceptors (Lipinski definition) is 7. The lowest BCUT2D eigenvalue weighted by Crippen LogP contribution is -2.58. The molecular formula is C25H31N5O7. The van der Waals surface area contributed by atoms with Crippen LogP contribution >= 0.6 is 0 Å². The SMILES string of the molecule is NC(=O)CC(NC(=O)C(Cc1ccccc1)NC(=O)C(Cc1ccccc1)NC(=O)C(N)CO)C(=O)O. The number of carboxylic acids is 1. The Balaban J connectivity index is 2.29. The van der Waals surface area contributed by atoms with Crippen molar-refractivity contribution in [3.05, 3.63) is 71.8 Å². The molecule has 9 N–H and O–H groups in total. The summed E-state index contributed by atoms with van der Waals surface area (Å²) in [4.78, 5) is 61.5. The van der Waals surface area contributed by atoms with Gasteiger partial charge in [-0.2, -0.15) is 0 Å². The van der Waals surface area contributed by atoms with Crippen LogP contribution in [0.5, 0.6) is 0 Å². The number of carbonyl (C=O) groups excluding carboxylic acids is 4. The first-order valence-corrected chi connectivity index (χ1v) is 11.5. The molecule has 2 aromatic carbocycles. The molecule has 0 aliphatic carbocycles. The fourth-order valence-electron chi connectivity index (χ4n) is 3.43. The van der Waals surface area contributed by atoms with Crippen LogP contribution in [0.3, 0.4) is 0 Å². The van der Waals surface area contributed by atoms with E-state index >= 15 is 0 Å². The van der Waals surface area contributed by atoms with Gasteiger partial charge in [-0.15, -0.1) is 0 Å². The number of hydrogen-bond donors (Lipinski definition) is 7. The van der Waals surface area contributed by atoms with Gasteiger partial charge in [0.05, 0.1) is 13.0 Å². The summed E-state index contributed by atoms with van der Waals surface area (Å²) in [5, 5.41) is 25.9. The molecule has 4 unspecified atom stereocenters.